The van der Waals surface area contributed by atoms with Crippen LogP contribution in [0.5, 0.6) is 0 Å². The molecule has 1 unspecified atom stereocenters. The van der Waals surface area contributed by atoms with Gasteiger partial charge in [-0.05, 0) is 6.54 Å². The number of hydrogen-bond acceptors (Lipinski definition) is 6. The Kier molecular flexibility index (Phi) is 4.11. The van der Waals surface area contributed by atoms with Gasteiger partial charge < -0.3 is 15.8 Å². The maximum atomic E-state index is 5.68. The minimum atomic E-state index is 0.208. The van der Waals surface area contributed by atoms with Crippen LogP contribution in [0.4, 0.5) is 11.6 Å². The van der Waals surface area contributed by atoms with E-state index in [1.807, 2.05) is 0 Å². The van der Waals surface area contributed by atoms with Gasteiger partial charge in [0.1, 0.15) is 18.0 Å². The van der Waals surface area contributed by atoms with Crippen LogP contribution in [0.3, 0.4) is 0 Å². The summed E-state index contributed by atoms with van der Waals surface area (Å²) in [5, 5.41) is 3.22. The monoisotopic (exact) mass is 237 g/mol. The van der Waals surface area contributed by atoms with E-state index in [-0.39, 0.29) is 6.10 Å². The van der Waals surface area contributed by atoms with Gasteiger partial charge in [0.2, 0.25) is 0 Å². The number of nitrogens with two attached hydrogens (primary N) is 1. The quantitative estimate of drug-likeness (QED) is 0.778. The van der Waals surface area contributed by atoms with Crippen molar-refractivity contribution < 1.29 is 4.74 Å². The Labute approximate surface area is 101 Å². The highest BCUT2D eigenvalue weighted by atomic mass is 16.5. The highest BCUT2D eigenvalue weighted by Gasteiger charge is 2.18. The fraction of sp³-hybridized carbons (Fsp3) is 0.636. The van der Waals surface area contributed by atoms with E-state index in [1.165, 1.54) is 6.33 Å². The number of nitrogen functional groups attached to an aromatic ring is 1. The fourth-order valence-corrected chi connectivity index (χ4v) is 1.88. The third-order valence-corrected chi connectivity index (χ3v) is 2.87. The van der Waals surface area contributed by atoms with Gasteiger partial charge in [-0.3, -0.25) is 4.90 Å². The molecule has 1 fully saturated rings. The SMILES string of the molecule is CCN1CCOC(CNc2cc(N)ncn2)C1. The van der Waals surface area contributed by atoms with Gasteiger partial charge >= 0.3 is 0 Å². The lowest BCUT2D eigenvalue weighted by Crippen LogP contribution is -2.45. The van der Waals surface area contributed by atoms with Gasteiger partial charge in [0, 0.05) is 25.7 Å². The largest absolute Gasteiger partial charge is 0.384 e. The van der Waals surface area contributed by atoms with E-state index in [0.29, 0.717) is 5.82 Å². The van der Waals surface area contributed by atoms with Gasteiger partial charge in [-0.15, -0.1) is 0 Å². The van der Waals surface area contributed by atoms with E-state index in [1.54, 1.807) is 6.07 Å². The Balaban J connectivity index is 1.81. The van der Waals surface area contributed by atoms with Crippen molar-refractivity contribution in [2.45, 2.75) is 13.0 Å². The molecule has 1 aromatic heterocycles. The topological polar surface area (TPSA) is 76.3 Å². The van der Waals surface area contributed by atoms with E-state index < -0.39 is 0 Å². The molecule has 1 aliphatic rings. The molecule has 6 nitrogen and oxygen atoms in total. The summed E-state index contributed by atoms with van der Waals surface area (Å²) in [6.45, 7) is 6.76. The van der Waals surface area contributed by atoms with Gasteiger partial charge in [0.05, 0.1) is 12.7 Å². The zero-order valence-electron chi connectivity index (χ0n) is 10.1. The lowest BCUT2D eigenvalue weighted by atomic mass is 10.2. The lowest BCUT2D eigenvalue weighted by Gasteiger charge is -2.32. The Bertz CT molecular complexity index is 359. The molecule has 1 saturated heterocycles. The predicted octanol–water partition coefficient (Wildman–Crippen LogP) is 0.191. The highest BCUT2D eigenvalue weighted by molar-refractivity contribution is 5.43. The Hall–Kier alpha value is -1.40. The van der Waals surface area contributed by atoms with Crippen LogP contribution < -0.4 is 11.1 Å². The first kappa shape index (κ1) is 12.1. The molecule has 1 aliphatic heterocycles. The van der Waals surface area contributed by atoms with E-state index in [2.05, 4.69) is 27.1 Å². The van der Waals surface area contributed by atoms with Crippen LogP contribution >= 0.6 is 0 Å². The van der Waals surface area contributed by atoms with Crippen molar-refractivity contribution in [3.8, 4) is 0 Å². The second-order valence-corrected chi connectivity index (χ2v) is 4.10. The molecule has 0 bridgehead atoms. The number of hydrogen-bond donors (Lipinski definition) is 2. The molecule has 17 heavy (non-hydrogen) atoms. The van der Waals surface area contributed by atoms with Crippen LogP contribution in [0.15, 0.2) is 12.4 Å². The highest BCUT2D eigenvalue weighted by Crippen LogP contribution is 2.08. The lowest BCUT2D eigenvalue weighted by molar-refractivity contribution is -0.0192. The van der Waals surface area contributed by atoms with Crippen molar-refractivity contribution in [1.82, 2.24) is 14.9 Å². The van der Waals surface area contributed by atoms with Crippen molar-refractivity contribution in [2.24, 2.45) is 0 Å². The normalized spacial score (nSPS) is 21.4. The number of aromatic nitrogens is 2. The summed E-state index contributed by atoms with van der Waals surface area (Å²) in [5.41, 5.74) is 5.58. The maximum absolute atomic E-state index is 5.68. The van der Waals surface area contributed by atoms with Crippen molar-refractivity contribution >= 4 is 11.6 Å². The number of rotatable bonds is 4. The summed E-state index contributed by atoms with van der Waals surface area (Å²) in [6, 6.07) is 1.72. The molecule has 3 N–H and O–H groups in total. The van der Waals surface area contributed by atoms with Crippen LogP contribution in [-0.2, 0) is 4.74 Å². The van der Waals surface area contributed by atoms with Crippen LogP contribution in [0, 0.1) is 0 Å². The van der Waals surface area contributed by atoms with Crippen LogP contribution in [0.2, 0.25) is 0 Å². The van der Waals surface area contributed by atoms with E-state index in [0.717, 1.165) is 38.6 Å². The molecule has 2 heterocycles. The Morgan fingerprint density at radius 2 is 2.47 bits per heavy atom. The molecule has 94 valence electrons. The standard InChI is InChI=1S/C11H19N5O/c1-2-16-3-4-17-9(7-16)6-13-11-5-10(12)14-8-15-11/h5,8-9H,2-4,6-7H2,1H3,(H3,12,13,14,15). The van der Waals surface area contributed by atoms with E-state index in [4.69, 9.17) is 10.5 Å². The smallest absolute Gasteiger partial charge is 0.131 e. The zero-order valence-corrected chi connectivity index (χ0v) is 10.1. The molecular formula is C11H19N5O. The molecule has 0 spiro atoms. The summed E-state index contributed by atoms with van der Waals surface area (Å²) in [7, 11) is 0. The van der Waals surface area contributed by atoms with Gasteiger partial charge in [-0.1, -0.05) is 6.92 Å². The first-order valence-corrected chi connectivity index (χ1v) is 5.93. The van der Waals surface area contributed by atoms with Gasteiger partial charge in [0.15, 0.2) is 0 Å². The molecule has 1 aromatic rings. The molecular weight excluding hydrogens is 218 g/mol. The fourth-order valence-electron chi connectivity index (χ4n) is 1.88. The summed E-state index contributed by atoms with van der Waals surface area (Å²) in [6.07, 6.45) is 1.66. The number of likely N-dealkylation sites (N-methyl/N-ethyl adjacent to an activating group) is 1. The van der Waals surface area contributed by atoms with Gasteiger partial charge in [0.25, 0.3) is 0 Å². The molecule has 1 atom stereocenters. The molecule has 0 aromatic carbocycles. The van der Waals surface area contributed by atoms with E-state index in [9.17, 15) is 0 Å². The molecule has 6 heteroatoms. The number of ether oxygens (including phenoxy) is 1. The van der Waals surface area contributed by atoms with Crippen molar-refractivity contribution in [3.05, 3.63) is 12.4 Å². The van der Waals surface area contributed by atoms with Crippen molar-refractivity contribution in [3.63, 3.8) is 0 Å². The second kappa shape index (κ2) is 5.79. The van der Waals surface area contributed by atoms with Crippen LogP contribution in [0.1, 0.15) is 6.92 Å². The summed E-state index contributed by atoms with van der Waals surface area (Å²) in [5.74, 6) is 1.22. The van der Waals surface area contributed by atoms with Crippen LogP contribution in [0.25, 0.3) is 0 Å². The minimum absolute atomic E-state index is 0.208. The molecule has 2 rings (SSSR count). The summed E-state index contributed by atoms with van der Waals surface area (Å²) in [4.78, 5) is 10.3. The zero-order chi connectivity index (χ0) is 12.1. The first-order valence-electron chi connectivity index (χ1n) is 5.93. The van der Waals surface area contributed by atoms with Crippen molar-refractivity contribution in [2.75, 3.05) is 43.8 Å². The Morgan fingerprint density at radius 1 is 1.59 bits per heavy atom. The molecule has 0 aliphatic carbocycles. The van der Waals surface area contributed by atoms with Crippen molar-refractivity contribution in [1.29, 1.82) is 0 Å². The molecule has 0 radical (unpaired) electrons. The van der Waals surface area contributed by atoms with Gasteiger partial charge in [-0.2, -0.15) is 0 Å². The number of nitrogens with zero attached hydrogens (tertiary/aromatic N) is 3. The molecule has 0 saturated carbocycles. The molecule has 0 amide bonds. The predicted molar refractivity (Wildman–Crippen MR) is 66.8 cm³/mol. The van der Waals surface area contributed by atoms with E-state index >= 15 is 0 Å². The maximum Gasteiger partial charge on any atom is 0.131 e. The summed E-state index contributed by atoms with van der Waals surface area (Å²) < 4.78 is 5.68. The first-order chi connectivity index (χ1) is 8.28. The average Bonchev–Trinajstić information content (AvgIpc) is 2.37. The number of nitrogens with one attached hydrogen (secondary N) is 1. The Morgan fingerprint density at radius 3 is 3.24 bits per heavy atom. The summed E-state index contributed by atoms with van der Waals surface area (Å²) >= 11 is 0. The van der Waals surface area contributed by atoms with Crippen LogP contribution in [-0.4, -0.2) is 53.8 Å². The number of morpholine rings is 1. The third-order valence-electron chi connectivity index (χ3n) is 2.87. The third kappa shape index (κ3) is 3.54. The number of anilines is 2. The van der Waals surface area contributed by atoms with Gasteiger partial charge in [-0.25, -0.2) is 9.97 Å². The second-order valence-electron chi connectivity index (χ2n) is 4.10. The minimum Gasteiger partial charge on any atom is -0.384 e. The average molecular weight is 237 g/mol.